The number of rotatable bonds is 3. The topological polar surface area (TPSA) is 29.5 Å². The summed E-state index contributed by atoms with van der Waals surface area (Å²) in [5, 5.41) is 11.4. The molecular weight excluding hydrogens is 296 g/mol. The minimum atomic E-state index is -0.419. The monoisotopic (exact) mass is 328 g/mol. The Morgan fingerprint density at radius 2 is 2.04 bits per heavy atom. The fourth-order valence-electron chi connectivity index (χ4n) is 6.62. The third kappa shape index (κ3) is 2.18. The van der Waals surface area contributed by atoms with Crippen LogP contribution in [0.25, 0.3) is 0 Å². The maximum absolute atomic E-state index is 11.4. The highest BCUT2D eigenvalue weighted by Gasteiger charge is 2.60. The fraction of sp³-hybridized carbons (Fsp3) is 0.727. The van der Waals surface area contributed by atoms with Crippen LogP contribution in [0.4, 0.5) is 0 Å². The lowest BCUT2D eigenvalue weighted by atomic mass is 9.53. The molecule has 1 aromatic carbocycles. The Labute approximate surface area is 146 Å². The average Bonchev–Trinajstić information content (AvgIpc) is 2.86. The second-order valence-electron chi connectivity index (χ2n) is 8.76. The van der Waals surface area contributed by atoms with Crippen molar-refractivity contribution >= 4 is 0 Å². The number of hydrogen-bond acceptors (Lipinski definition) is 2. The quantitative estimate of drug-likeness (QED) is 0.838. The first-order chi connectivity index (χ1) is 11.5. The molecule has 1 N–H and O–H groups in total. The third-order valence-corrected chi connectivity index (χ3v) is 7.92. The zero-order valence-corrected chi connectivity index (χ0v) is 15.5. The molecule has 0 amide bonds. The zero-order valence-electron chi connectivity index (χ0n) is 15.5. The van der Waals surface area contributed by atoms with E-state index in [9.17, 15) is 5.11 Å². The predicted molar refractivity (Wildman–Crippen MR) is 97.5 cm³/mol. The molecule has 2 heteroatoms. The number of aryl methyl sites for hydroxylation is 1. The van der Waals surface area contributed by atoms with Gasteiger partial charge >= 0.3 is 0 Å². The van der Waals surface area contributed by atoms with Crippen LogP contribution in [0.1, 0.15) is 75.8 Å². The molecule has 0 heterocycles. The minimum Gasteiger partial charge on any atom is -0.497 e. The van der Waals surface area contributed by atoms with E-state index in [1.165, 1.54) is 37.7 Å². The van der Waals surface area contributed by atoms with Crippen LogP contribution in [0.2, 0.25) is 0 Å². The minimum absolute atomic E-state index is 0.133. The van der Waals surface area contributed by atoms with Crippen LogP contribution in [0.15, 0.2) is 18.2 Å². The first-order valence-electron chi connectivity index (χ1n) is 9.91. The van der Waals surface area contributed by atoms with E-state index in [4.69, 9.17) is 4.74 Å². The molecule has 0 bridgehead atoms. The van der Waals surface area contributed by atoms with Crippen molar-refractivity contribution in [2.45, 2.75) is 76.7 Å². The van der Waals surface area contributed by atoms with E-state index in [0.717, 1.165) is 30.9 Å². The summed E-state index contributed by atoms with van der Waals surface area (Å²) in [7, 11) is 1.76. The van der Waals surface area contributed by atoms with Crippen LogP contribution in [0.5, 0.6) is 5.75 Å². The molecule has 1 aromatic rings. The highest BCUT2D eigenvalue weighted by molar-refractivity contribution is 5.40. The van der Waals surface area contributed by atoms with Gasteiger partial charge in [0.1, 0.15) is 5.75 Å². The van der Waals surface area contributed by atoms with Gasteiger partial charge in [-0.1, -0.05) is 26.3 Å². The second kappa shape index (κ2) is 5.76. The van der Waals surface area contributed by atoms with E-state index < -0.39 is 5.60 Å². The molecule has 0 aliphatic heterocycles. The van der Waals surface area contributed by atoms with E-state index in [2.05, 4.69) is 32.0 Å². The number of methoxy groups -OCH3 is 1. The zero-order chi connectivity index (χ0) is 16.9. The van der Waals surface area contributed by atoms with Gasteiger partial charge in [0.2, 0.25) is 0 Å². The SMILES string of the molecule is CCC[C@]1(O)CC[C@H]2[C@@H]3CCc4cc(OC)ccc4[C@H]3CC[C@@]21C. The van der Waals surface area contributed by atoms with Gasteiger partial charge in [-0.05, 0) is 91.4 Å². The van der Waals surface area contributed by atoms with Crippen molar-refractivity contribution in [2.75, 3.05) is 7.11 Å². The van der Waals surface area contributed by atoms with Crippen LogP contribution in [-0.4, -0.2) is 17.8 Å². The fourth-order valence-corrected chi connectivity index (χ4v) is 6.62. The molecule has 0 radical (unpaired) electrons. The summed E-state index contributed by atoms with van der Waals surface area (Å²) in [6.07, 6.45) is 9.19. The van der Waals surface area contributed by atoms with E-state index >= 15 is 0 Å². The van der Waals surface area contributed by atoms with Crippen LogP contribution in [0, 0.1) is 17.3 Å². The molecule has 0 spiro atoms. The summed E-state index contributed by atoms with van der Waals surface area (Å²) in [5.41, 5.74) is 2.78. The largest absolute Gasteiger partial charge is 0.497 e. The van der Waals surface area contributed by atoms with Gasteiger partial charge in [-0.2, -0.15) is 0 Å². The summed E-state index contributed by atoms with van der Waals surface area (Å²) < 4.78 is 5.42. The molecule has 2 fully saturated rings. The highest BCUT2D eigenvalue weighted by atomic mass is 16.5. The molecule has 0 aromatic heterocycles. The number of hydrogen-bond donors (Lipinski definition) is 1. The van der Waals surface area contributed by atoms with Gasteiger partial charge in [0.05, 0.1) is 12.7 Å². The Kier molecular flexibility index (Phi) is 3.95. The lowest BCUT2D eigenvalue weighted by molar-refractivity contribution is -0.107. The molecule has 5 atom stereocenters. The summed E-state index contributed by atoms with van der Waals surface area (Å²) >= 11 is 0. The molecule has 4 rings (SSSR count). The smallest absolute Gasteiger partial charge is 0.119 e. The lowest BCUT2D eigenvalue weighted by Gasteiger charge is -2.53. The summed E-state index contributed by atoms with van der Waals surface area (Å²) in [4.78, 5) is 0. The van der Waals surface area contributed by atoms with Gasteiger partial charge in [-0.15, -0.1) is 0 Å². The molecule has 132 valence electrons. The van der Waals surface area contributed by atoms with Crippen LogP contribution in [-0.2, 0) is 6.42 Å². The Morgan fingerprint density at radius 3 is 2.79 bits per heavy atom. The Hall–Kier alpha value is -1.02. The van der Waals surface area contributed by atoms with Gasteiger partial charge in [0, 0.05) is 0 Å². The molecule has 2 saturated carbocycles. The number of aliphatic hydroxyl groups is 1. The molecule has 2 nitrogen and oxygen atoms in total. The maximum Gasteiger partial charge on any atom is 0.119 e. The summed E-state index contributed by atoms with van der Waals surface area (Å²) in [6, 6.07) is 6.71. The van der Waals surface area contributed by atoms with Crippen LogP contribution in [0.3, 0.4) is 0 Å². The van der Waals surface area contributed by atoms with E-state index in [0.29, 0.717) is 11.8 Å². The lowest BCUT2D eigenvalue weighted by Crippen LogP contribution is -2.50. The number of benzene rings is 1. The molecule has 0 unspecified atom stereocenters. The summed E-state index contributed by atoms with van der Waals surface area (Å²) in [6.45, 7) is 4.62. The van der Waals surface area contributed by atoms with Gasteiger partial charge < -0.3 is 9.84 Å². The van der Waals surface area contributed by atoms with Crippen molar-refractivity contribution in [3.8, 4) is 5.75 Å². The Morgan fingerprint density at radius 1 is 1.21 bits per heavy atom. The molecule has 3 aliphatic rings. The van der Waals surface area contributed by atoms with E-state index in [-0.39, 0.29) is 5.41 Å². The van der Waals surface area contributed by atoms with Crippen molar-refractivity contribution in [2.24, 2.45) is 17.3 Å². The standard InChI is InChI=1S/C22H32O2/c1-4-11-22(23)13-10-20-19-7-5-15-14-16(24-3)6-8-17(15)18(19)9-12-21(20,22)2/h6,8,14,18-20,23H,4-5,7,9-13H2,1-3H3/t18-,19-,20+,21+,22+/m1/s1. The molecular formula is C22H32O2. The van der Waals surface area contributed by atoms with Crippen LogP contribution >= 0.6 is 0 Å². The number of fused-ring (bicyclic) bond motifs is 5. The van der Waals surface area contributed by atoms with Gasteiger partial charge in [-0.3, -0.25) is 0 Å². The van der Waals surface area contributed by atoms with E-state index in [1.54, 1.807) is 12.7 Å². The molecule has 24 heavy (non-hydrogen) atoms. The van der Waals surface area contributed by atoms with Crippen molar-refractivity contribution in [3.05, 3.63) is 29.3 Å². The molecule has 0 saturated heterocycles. The second-order valence-corrected chi connectivity index (χ2v) is 8.76. The highest BCUT2D eigenvalue weighted by Crippen LogP contribution is 2.65. The Balaban J connectivity index is 1.65. The van der Waals surface area contributed by atoms with Crippen LogP contribution < -0.4 is 4.74 Å². The molecule has 3 aliphatic carbocycles. The number of ether oxygens (including phenoxy) is 1. The van der Waals surface area contributed by atoms with Gasteiger partial charge in [0.25, 0.3) is 0 Å². The van der Waals surface area contributed by atoms with Crippen molar-refractivity contribution in [3.63, 3.8) is 0 Å². The Bertz CT molecular complexity index is 624. The predicted octanol–water partition coefficient (Wildman–Crippen LogP) is 5.08. The average molecular weight is 328 g/mol. The normalized spacial score (nSPS) is 40.6. The van der Waals surface area contributed by atoms with E-state index in [1.807, 2.05) is 0 Å². The maximum atomic E-state index is 11.4. The van der Waals surface area contributed by atoms with Gasteiger partial charge in [-0.25, -0.2) is 0 Å². The van der Waals surface area contributed by atoms with Crippen molar-refractivity contribution in [1.29, 1.82) is 0 Å². The first kappa shape index (κ1) is 16.4. The van der Waals surface area contributed by atoms with Crippen molar-refractivity contribution in [1.82, 2.24) is 0 Å². The van der Waals surface area contributed by atoms with Crippen molar-refractivity contribution < 1.29 is 9.84 Å². The van der Waals surface area contributed by atoms with Gasteiger partial charge in [0.15, 0.2) is 0 Å². The summed E-state index contributed by atoms with van der Waals surface area (Å²) in [5.74, 6) is 3.14. The first-order valence-corrected chi connectivity index (χ1v) is 9.91. The third-order valence-electron chi connectivity index (χ3n) is 7.92.